The zero-order valence-electron chi connectivity index (χ0n) is 10.1. The molecule has 1 aliphatic heterocycles. The largest absolute Gasteiger partial charge is 0.379 e. The van der Waals surface area contributed by atoms with Crippen LogP contribution in [0, 0.1) is 11.3 Å². The molecule has 17 heavy (non-hydrogen) atoms. The van der Waals surface area contributed by atoms with Gasteiger partial charge in [0.2, 0.25) is 0 Å². The summed E-state index contributed by atoms with van der Waals surface area (Å²) in [6, 6.07) is 4.31. The van der Waals surface area contributed by atoms with Gasteiger partial charge in [-0.1, -0.05) is 25.4 Å². The van der Waals surface area contributed by atoms with Gasteiger partial charge in [-0.05, 0) is 18.6 Å². The summed E-state index contributed by atoms with van der Waals surface area (Å²) in [5, 5.41) is 4.08. The van der Waals surface area contributed by atoms with Gasteiger partial charge in [0, 0.05) is 30.2 Å². The predicted octanol–water partition coefficient (Wildman–Crippen LogP) is 2.96. The molecule has 0 amide bonds. The first-order chi connectivity index (χ1) is 8.10. The van der Waals surface area contributed by atoms with Crippen LogP contribution in [0.4, 0.5) is 5.69 Å². The Morgan fingerprint density at radius 3 is 3.12 bits per heavy atom. The molecule has 3 rings (SSSR count). The third-order valence-electron chi connectivity index (χ3n) is 4.17. The maximum atomic E-state index is 6.08. The van der Waals surface area contributed by atoms with Crippen LogP contribution in [0.15, 0.2) is 18.3 Å². The first-order valence-electron chi connectivity index (χ1n) is 6.09. The molecule has 2 aliphatic rings. The number of ether oxygens (including phenoxy) is 1. The van der Waals surface area contributed by atoms with E-state index in [4.69, 9.17) is 16.3 Å². The lowest BCUT2D eigenvalue weighted by Crippen LogP contribution is -2.63. The monoisotopic (exact) mass is 252 g/mol. The normalized spacial score (nSPS) is 33.9. The number of hydrogen-bond donors (Lipinski definition) is 1. The summed E-state index contributed by atoms with van der Waals surface area (Å²) in [6.07, 6.45) is 3.25. The van der Waals surface area contributed by atoms with Crippen molar-refractivity contribution in [3.8, 4) is 0 Å². The molecule has 1 saturated heterocycles. The number of rotatable bonds is 2. The van der Waals surface area contributed by atoms with Gasteiger partial charge in [0.15, 0.2) is 5.15 Å². The molecular formula is C13H17ClN2O. The van der Waals surface area contributed by atoms with Gasteiger partial charge in [0.05, 0.1) is 11.8 Å². The molecule has 0 spiro atoms. The van der Waals surface area contributed by atoms with Crippen molar-refractivity contribution in [3.63, 3.8) is 0 Å². The van der Waals surface area contributed by atoms with E-state index in [2.05, 4.69) is 24.1 Å². The van der Waals surface area contributed by atoms with Crippen molar-refractivity contribution in [1.82, 2.24) is 4.98 Å². The number of anilines is 1. The smallest absolute Gasteiger partial charge is 0.152 e. The minimum Gasteiger partial charge on any atom is -0.379 e. The Morgan fingerprint density at radius 1 is 1.53 bits per heavy atom. The van der Waals surface area contributed by atoms with E-state index < -0.39 is 0 Å². The van der Waals surface area contributed by atoms with Gasteiger partial charge in [0.25, 0.3) is 0 Å². The lowest BCUT2D eigenvalue weighted by molar-refractivity contribution is -0.0923. The minimum atomic E-state index is 0.167. The third-order valence-corrected chi connectivity index (χ3v) is 4.47. The Bertz CT molecular complexity index is 435. The second-order valence-corrected chi connectivity index (χ2v) is 5.89. The topological polar surface area (TPSA) is 34.2 Å². The molecule has 0 aromatic carbocycles. The van der Waals surface area contributed by atoms with Gasteiger partial charge in [-0.3, -0.25) is 0 Å². The molecule has 3 unspecified atom stereocenters. The molecule has 1 saturated carbocycles. The van der Waals surface area contributed by atoms with E-state index in [1.165, 1.54) is 0 Å². The highest BCUT2D eigenvalue weighted by atomic mass is 35.5. The van der Waals surface area contributed by atoms with Crippen molar-refractivity contribution in [2.45, 2.75) is 32.4 Å². The Labute approximate surface area is 107 Å². The van der Waals surface area contributed by atoms with E-state index >= 15 is 0 Å². The Morgan fingerprint density at radius 2 is 2.35 bits per heavy atom. The van der Waals surface area contributed by atoms with Gasteiger partial charge in [0.1, 0.15) is 0 Å². The first-order valence-corrected chi connectivity index (χ1v) is 6.47. The van der Waals surface area contributed by atoms with Crippen molar-refractivity contribution in [2.75, 3.05) is 11.9 Å². The van der Waals surface area contributed by atoms with Crippen LogP contribution in [0.3, 0.4) is 0 Å². The van der Waals surface area contributed by atoms with E-state index in [9.17, 15) is 0 Å². The Hall–Kier alpha value is -0.800. The average Bonchev–Trinajstić information content (AvgIpc) is 2.74. The molecule has 4 heteroatoms. The van der Waals surface area contributed by atoms with Gasteiger partial charge in [-0.2, -0.15) is 0 Å². The van der Waals surface area contributed by atoms with Crippen LogP contribution in [-0.2, 0) is 4.74 Å². The second-order valence-electron chi connectivity index (χ2n) is 5.53. The molecule has 3 atom stereocenters. The fourth-order valence-electron chi connectivity index (χ4n) is 3.28. The van der Waals surface area contributed by atoms with Crippen molar-refractivity contribution in [2.24, 2.45) is 11.3 Å². The van der Waals surface area contributed by atoms with Gasteiger partial charge >= 0.3 is 0 Å². The van der Waals surface area contributed by atoms with Crippen LogP contribution >= 0.6 is 11.6 Å². The van der Waals surface area contributed by atoms with E-state index in [0.29, 0.717) is 23.2 Å². The van der Waals surface area contributed by atoms with Crippen molar-refractivity contribution >= 4 is 17.3 Å². The number of hydrogen-bond acceptors (Lipinski definition) is 3. The number of halogens is 1. The lowest BCUT2D eigenvalue weighted by atomic mass is 9.57. The zero-order chi connectivity index (χ0) is 12.0. The minimum absolute atomic E-state index is 0.167. The molecule has 0 bridgehead atoms. The Kier molecular flexibility index (Phi) is 2.56. The number of nitrogens with one attached hydrogen (secondary N) is 1. The number of fused-ring (bicyclic) bond motifs is 1. The zero-order valence-corrected chi connectivity index (χ0v) is 10.9. The summed E-state index contributed by atoms with van der Waals surface area (Å²) in [5.41, 5.74) is 1.10. The standard InChI is InChI=1S/C13H17ClN2O/c1-13(2)10(8-5-7-17-11(8)13)16-9-4-3-6-15-12(9)14/h3-4,6,8,10-11,16H,5,7H2,1-2H3. The number of pyridine rings is 1. The fourth-order valence-corrected chi connectivity index (χ4v) is 3.45. The molecule has 1 aromatic rings. The highest BCUT2D eigenvalue weighted by molar-refractivity contribution is 6.31. The summed E-state index contributed by atoms with van der Waals surface area (Å²) < 4.78 is 5.78. The molecule has 3 nitrogen and oxygen atoms in total. The van der Waals surface area contributed by atoms with Crippen molar-refractivity contribution in [1.29, 1.82) is 0 Å². The highest BCUT2D eigenvalue weighted by Crippen LogP contribution is 2.53. The molecule has 92 valence electrons. The first kappa shape index (κ1) is 11.3. The van der Waals surface area contributed by atoms with Crippen LogP contribution in [-0.4, -0.2) is 23.7 Å². The predicted molar refractivity (Wildman–Crippen MR) is 68.3 cm³/mol. The summed E-state index contributed by atoms with van der Waals surface area (Å²) in [4.78, 5) is 4.10. The molecule has 1 aliphatic carbocycles. The highest BCUT2D eigenvalue weighted by Gasteiger charge is 2.59. The average molecular weight is 253 g/mol. The van der Waals surface area contributed by atoms with Crippen LogP contribution in [0.1, 0.15) is 20.3 Å². The van der Waals surface area contributed by atoms with Crippen molar-refractivity contribution < 1.29 is 4.74 Å². The summed E-state index contributed by atoms with van der Waals surface area (Å²) >= 11 is 6.08. The van der Waals surface area contributed by atoms with E-state index in [-0.39, 0.29) is 5.41 Å². The molecular weight excluding hydrogens is 236 g/mol. The summed E-state index contributed by atoms with van der Waals surface area (Å²) in [6.45, 7) is 5.39. The Balaban J connectivity index is 1.80. The molecule has 0 radical (unpaired) electrons. The molecule has 1 N–H and O–H groups in total. The summed E-state index contributed by atoms with van der Waals surface area (Å²) in [7, 11) is 0. The van der Waals surface area contributed by atoms with Gasteiger partial charge < -0.3 is 10.1 Å². The van der Waals surface area contributed by atoms with Crippen LogP contribution < -0.4 is 5.32 Å². The fraction of sp³-hybridized carbons (Fsp3) is 0.615. The molecule has 2 heterocycles. The van der Waals surface area contributed by atoms with Crippen LogP contribution in [0.25, 0.3) is 0 Å². The number of aromatic nitrogens is 1. The SMILES string of the molecule is CC1(C)C(Nc2cccnc2Cl)C2CCOC21. The van der Waals surface area contributed by atoms with Gasteiger partial charge in [-0.15, -0.1) is 0 Å². The maximum absolute atomic E-state index is 6.08. The van der Waals surface area contributed by atoms with Crippen LogP contribution in [0.5, 0.6) is 0 Å². The van der Waals surface area contributed by atoms with E-state index in [1.807, 2.05) is 12.1 Å². The van der Waals surface area contributed by atoms with Gasteiger partial charge in [-0.25, -0.2) is 4.98 Å². The van der Waals surface area contributed by atoms with Crippen molar-refractivity contribution in [3.05, 3.63) is 23.5 Å². The molecule has 2 fully saturated rings. The van der Waals surface area contributed by atoms with E-state index in [0.717, 1.165) is 18.7 Å². The lowest BCUT2D eigenvalue weighted by Gasteiger charge is -2.55. The maximum Gasteiger partial charge on any atom is 0.152 e. The summed E-state index contributed by atoms with van der Waals surface area (Å²) in [5.74, 6) is 0.612. The van der Waals surface area contributed by atoms with Crippen LogP contribution in [0.2, 0.25) is 5.15 Å². The third kappa shape index (κ3) is 1.64. The van der Waals surface area contributed by atoms with E-state index in [1.54, 1.807) is 6.20 Å². The second kappa shape index (κ2) is 3.85. The number of nitrogens with zero attached hydrogens (tertiary/aromatic N) is 1. The quantitative estimate of drug-likeness (QED) is 0.822. The molecule has 1 aromatic heterocycles.